The Bertz CT molecular complexity index is 622. The first-order valence-electron chi connectivity index (χ1n) is 7.32. The Morgan fingerprint density at radius 2 is 1.90 bits per heavy atom. The van der Waals surface area contributed by atoms with Crippen molar-refractivity contribution < 1.29 is 4.79 Å². The number of carbonyl (C=O) groups excluding carboxylic acids is 1. The first kappa shape index (κ1) is 15.1. The maximum absolute atomic E-state index is 12.7. The SMILES string of the molecule is CCCN(C(=O)Cc1ccccc1C)c1cccc(N)c1. The maximum Gasteiger partial charge on any atom is 0.231 e. The molecule has 2 aromatic rings. The van der Waals surface area contributed by atoms with E-state index in [9.17, 15) is 4.79 Å². The van der Waals surface area contributed by atoms with E-state index in [0.29, 0.717) is 18.7 Å². The van der Waals surface area contributed by atoms with Crippen molar-refractivity contribution in [1.82, 2.24) is 0 Å². The number of rotatable bonds is 5. The molecule has 0 atom stereocenters. The Labute approximate surface area is 126 Å². The predicted octanol–water partition coefficient (Wildman–Crippen LogP) is 3.56. The molecule has 110 valence electrons. The van der Waals surface area contributed by atoms with Crippen LogP contribution in [0.15, 0.2) is 48.5 Å². The zero-order valence-electron chi connectivity index (χ0n) is 12.7. The third-order valence-corrected chi connectivity index (χ3v) is 3.53. The second-order valence-corrected chi connectivity index (χ2v) is 5.24. The lowest BCUT2D eigenvalue weighted by molar-refractivity contribution is -0.118. The van der Waals surface area contributed by atoms with Gasteiger partial charge in [0, 0.05) is 17.9 Å². The standard InChI is InChI=1S/C18H22N2O/c1-3-11-20(17-10-6-9-16(19)13-17)18(21)12-15-8-5-4-7-14(15)2/h4-10,13H,3,11-12,19H2,1-2H3. The minimum Gasteiger partial charge on any atom is -0.399 e. The van der Waals surface area contributed by atoms with E-state index in [0.717, 1.165) is 23.2 Å². The molecule has 0 fully saturated rings. The van der Waals surface area contributed by atoms with Gasteiger partial charge in [-0.15, -0.1) is 0 Å². The van der Waals surface area contributed by atoms with Crippen molar-refractivity contribution in [1.29, 1.82) is 0 Å². The number of aryl methyl sites for hydroxylation is 1. The number of nitrogen functional groups attached to an aromatic ring is 1. The van der Waals surface area contributed by atoms with Gasteiger partial charge in [0.25, 0.3) is 0 Å². The van der Waals surface area contributed by atoms with Crippen molar-refractivity contribution in [2.45, 2.75) is 26.7 Å². The molecule has 0 radical (unpaired) electrons. The van der Waals surface area contributed by atoms with Crippen molar-refractivity contribution >= 4 is 17.3 Å². The van der Waals surface area contributed by atoms with Crippen LogP contribution >= 0.6 is 0 Å². The van der Waals surface area contributed by atoms with Gasteiger partial charge in [-0.05, 0) is 42.7 Å². The summed E-state index contributed by atoms with van der Waals surface area (Å²) in [6, 6.07) is 15.5. The van der Waals surface area contributed by atoms with Gasteiger partial charge < -0.3 is 10.6 Å². The van der Waals surface area contributed by atoms with Crippen molar-refractivity contribution in [3.8, 4) is 0 Å². The van der Waals surface area contributed by atoms with Crippen molar-refractivity contribution in [2.75, 3.05) is 17.2 Å². The lowest BCUT2D eigenvalue weighted by Gasteiger charge is -2.23. The largest absolute Gasteiger partial charge is 0.399 e. The van der Waals surface area contributed by atoms with E-state index < -0.39 is 0 Å². The average molecular weight is 282 g/mol. The summed E-state index contributed by atoms with van der Waals surface area (Å²) in [5.74, 6) is 0.108. The summed E-state index contributed by atoms with van der Waals surface area (Å²) in [6.45, 7) is 4.81. The molecule has 0 saturated heterocycles. The second kappa shape index (κ2) is 6.93. The summed E-state index contributed by atoms with van der Waals surface area (Å²) in [7, 11) is 0. The molecule has 0 heterocycles. The zero-order chi connectivity index (χ0) is 15.2. The third kappa shape index (κ3) is 3.85. The lowest BCUT2D eigenvalue weighted by atomic mass is 10.0. The van der Waals surface area contributed by atoms with Gasteiger partial charge in [0.2, 0.25) is 5.91 Å². The van der Waals surface area contributed by atoms with Gasteiger partial charge in [-0.25, -0.2) is 0 Å². The molecule has 0 spiro atoms. The molecular formula is C18H22N2O. The molecule has 2 rings (SSSR count). The highest BCUT2D eigenvalue weighted by Crippen LogP contribution is 2.20. The molecule has 2 aromatic carbocycles. The van der Waals surface area contributed by atoms with E-state index >= 15 is 0 Å². The van der Waals surface area contributed by atoms with Gasteiger partial charge in [-0.3, -0.25) is 4.79 Å². The summed E-state index contributed by atoms with van der Waals surface area (Å²) in [5, 5.41) is 0. The smallest absolute Gasteiger partial charge is 0.231 e. The molecule has 0 aromatic heterocycles. The van der Waals surface area contributed by atoms with Crippen LogP contribution in [0.4, 0.5) is 11.4 Å². The minimum absolute atomic E-state index is 0.108. The maximum atomic E-state index is 12.7. The number of hydrogen-bond acceptors (Lipinski definition) is 2. The van der Waals surface area contributed by atoms with Crippen molar-refractivity contribution in [3.05, 3.63) is 59.7 Å². The Hall–Kier alpha value is -2.29. The van der Waals surface area contributed by atoms with Crippen LogP contribution in [0.3, 0.4) is 0 Å². The van der Waals surface area contributed by atoms with Gasteiger partial charge in [-0.2, -0.15) is 0 Å². The van der Waals surface area contributed by atoms with Crippen LogP contribution < -0.4 is 10.6 Å². The zero-order valence-corrected chi connectivity index (χ0v) is 12.7. The number of hydrogen-bond donors (Lipinski definition) is 1. The van der Waals surface area contributed by atoms with Crippen molar-refractivity contribution in [2.24, 2.45) is 0 Å². The first-order chi connectivity index (χ1) is 10.1. The van der Waals surface area contributed by atoms with Crippen LogP contribution in [0.2, 0.25) is 0 Å². The molecule has 3 nitrogen and oxygen atoms in total. The summed E-state index contributed by atoms with van der Waals surface area (Å²) in [5.41, 5.74) is 9.60. The molecule has 0 saturated carbocycles. The van der Waals surface area contributed by atoms with Crippen LogP contribution in [0.5, 0.6) is 0 Å². The fraction of sp³-hybridized carbons (Fsp3) is 0.278. The fourth-order valence-corrected chi connectivity index (χ4v) is 2.38. The van der Waals surface area contributed by atoms with E-state index in [2.05, 4.69) is 6.92 Å². The van der Waals surface area contributed by atoms with Crippen LogP contribution in [0.1, 0.15) is 24.5 Å². The van der Waals surface area contributed by atoms with E-state index in [1.807, 2.05) is 60.4 Å². The molecule has 1 amide bonds. The van der Waals surface area contributed by atoms with E-state index in [4.69, 9.17) is 5.73 Å². The van der Waals surface area contributed by atoms with Gasteiger partial charge >= 0.3 is 0 Å². The molecule has 0 unspecified atom stereocenters. The molecule has 0 bridgehead atoms. The van der Waals surface area contributed by atoms with Gasteiger partial charge in [0.05, 0.1) is 6.42 Å². The van der Waals surface area contributed by atoms with Crippen LogP contribution in [-0.4, -0.2) is 12.5 Å². The van der Waals surface area contributed by atoms with Gasteiger partial charge in [0.15, 0.2) is 0 Å². The summed E-state index contributed by atoms with van der Waals surface area (Å²) >= 11 is 0. The average Bonchev–Trinajstić information content (AvgIpc) is 2.47. The Morgan fingerprint density at radius 1 is 1.14 bits per heavy atom. The van der Waals surface area contributed by atoms with E-state index in [1.165, 1.54) is 0 Å². The highest BCUT2D eigenvalue weighted by atomic mass is 16.2. The van der Waals surface area contributed by atoms with Gasteiger partial charge in [0.1, 0.15) is 0 Å². The topological polar surface area (TPSA) is 46.3 Å². The predicted molar refractivity (Wildman–Crippen MR) is 88.4 cm³/mol. The highest BCUT2D eigenvalue weighted by Gasteiger charge is 2.16. The van der Waals surface area contributed by atoms with Crippen molar-refractivity contribution in [3.63, 3.8) is 0 Å². The second-order valence-electron chi connectivity index (χ2n) is 5.24. The molecule has 2 N–H and O–H groups in total. The number of benzene rings is 2. The number of anilines is 2. The number of nitrogens with zero attached hydrogens (tertiary/aromatic N) is 1. The molecule has 3 heteroatoms. The highest BCUT2D eigenvalue weighted by molar-refractivity contribution is 5.95. The number of carbonyl (C=O) groups is 1. The van der Waals surface area contributed by atoms with Crippen LogP contribution in [0.25, 0.3) is 0 Å². The quantitative estimate of drug-likeness (QED) is 0.852. The summed E-state index contributed by atoms with van der Waals surface area (Å²) in [6.07, 6.45) is 1.33. The summed E-state index contributed by atoms with van der Waals surface area (Å²) in [4.78, 5) is 14.5. The van der Waals surface area contributed by atoms with E-state index in [-0.39, 0.29) is 5.91 Å². The molecule has 0 aliphatic heterocycles. The normalized spacial score (nSPS) is 10.4. The van der Waals surface area contributed by atoms with Crippen LogP contribution in [-0.2, 0) is 11.2 Å². The molecule has 0 aliphatic carbocycles. The van der Waals surface area contributed by atoms with Crippen LogP contribution in [0, 0.1) is 6.92 Å². The Morgan fingerprint density at radius 3 is 2.57 bits per heavy atom. The molecular weight excluding hydrogens is 260 g/mol. The third-order valence-electron chi connectivity index (χ3n) is 3.53. The van der Waals surface area contributed by atoms with E-state index in [1.54, 1.807) is 0 Å². The first-order valence-corrected chi connectivity index (χ1v) is 7.32. The molecule has 21 heavy (non-hydrogen) atoms. The minimum atomic E-state index is 0.108. The number of amides is 1. The monoisotopic (exact) mass is 282 g/mol. The fourth-order valence-electron chi connectivity index (χ4n) is 2.38. The Balaban J connectivity index is 2.22. The Kier molecular flexibility index (Phi) is 4.99. The van der Waals surface area contributed by atoms with Gasteiger partial charge in [-0.1, -0.05) is 37.3 Å². The lowest BCUT2D eigenvalue weighted by Crippen LogP contribution is -2.33. The number of nitrogens with two attached hydrogens (primary N) is 1. The summed E-state index contributed by atoms with van der Waals surface area (Å²) < 4.78 is 0. The molecule has 0 aliphatic rings.